The van der Waals surface area contributed by atoms with Gasteiger partial charge in [0.15, 0.2) is 11.6 Å². The lowest BCUT2D eigenvalue weighted by Gasteiger charge is -2.20. The van der Waals surface area contributed by atoms with Crippen molar-refractivity contribution in [2.75, 3.05) is 0 Å². The molecule has 0 saturated heterocycles. The highest BCUT2D eigenvalue weighted by Crippen LogP contribution is 2.11. The fraction of sp³-hybridized carbons (Fsp3) is 0.357. The lowest BCUT2D eigenvalue weighted by atomic mass is 9.98. The van der Waals surface area contributed by atoms with Gasteiger partial charge in [-0.25, -0.2) is 8.78 Å². The Morgan fingerprint density at radius 3 is 2.57 bits per heavy atom. The van der Waals surface area contributed by atoms with Crippen molar-refractivity contribution in [3.05, 3.63) is 35.4 Å². The van der Waals surface area contributed by atoms with Gasteiger partial charge in [0.2, 0.25) is 11.8 Å². The predicted molar refractivity (Wildman–Crippen MR) is 70.6 cm³/mol. The molecule has 0 aliphatic carbocycles. The van der Waals surface area contributed by atoms with Gasteiger partial charge in [0.05, 0.1) is 12.5 Å². The summed E-state index contributed by atoms with van der Waals surface area (Å²) < 4.78 is 25.8. The van der Waals surface area contributed by atoms with Crippen LogP contribution in [0.2, 0.25) is 0 Å². The lowest BCUT2D eigenvalue weighted by Crippen LogP contribution is -2.48. The monoisotopic (exact) mass is 295 g/mol. The minimum atomic E-state index is -1.05. The van der Waals surface area contributed by atoms with Crippen LogP contribution < -0.4 is 11.1 Å². The van der Waals surface area contributed by atoms with E-state index in [4.69, 9.17) is 11.0 Å². The molecular weight excluding hydrogens is 280 g/mol. The topological polar surface area (TPSA) is 96.0 Å². The average Bonchev–Trinajstić information content (AvgIpc) is 2.40. The first-order valence-electron chi connectivity index (χ1n) is 6.24. The Balaban J connectivity index is 2.72. The van der Waals surface area contributed by atoms with Crippen LogP contribution in [0.25, 0.3) is 0 Å². The van der Waals surface area contributed by atoms with Crippen LogP contribution in [-0.4, -0.2) is 17.9 Å². The molecule has 0 radical (unpaired) electrons. The number of carbonyl (C=O) groups is 2. The molecule has 1 aromatic rings. The van der Waals surface area contributed by atoms with Crippen LogP contribution in [0.1, 0.15) is 18.9 Å². The number of rotatable bonds is 6. The van der Waals surface area contributed by atoms with Gasteiger partial charge in [0.25, 0.3) is 0 Å². The zero-order valence-electron chi connectivity index (χ0n) is 11.4. The van der Waals surface area contributed by atoms with Crippen molar-refractivity contribution in [3.8, 4) is 6.07 Å². The molecule has 112 valence electrons. The summed E-state index contributed by atoms with van der Waals surface area (Å²) in [4.78, 5) is 23.1. The van der Waals surface area contributed by atoms with Crippen LogP contribution >= 0.6 is 0 Å². The summed E-state index contributed by atoms with van der Waals surface area (Å²) in [6.07, 6.45) is -0.167. The number of hydrogen-bond donors (Lipinski definition) is 2. The van der Waals surface area contributed by atoms with E-state index in [1.165, 1.54) is 6.07 Å². The maximum Gasteiger partial charge on any atom is 0.240 e. The SMILES string of the molecule is C[C@H](CC#N)[C@H](NC(=O)Cc1ccc(F)c(F)c1)C(N)=O. The third kappa shape index (κ3) is 4.84. The second kappa shape index (κ2) is 7.33. The molecule has 0 saturated carbocycles. The first-order valence-corrected chi connectivity index (χ1v) is 6.24. The Labute approximate surface area is 120 Å². The summed E-state index contributed by atoms with van der Waals surface area (Å²) in [6, 6.07) is 4.01. The largest absolute Gasteiger partial charge is 0.368 e. The molecule has 2 amide bonds. The van der Waals surface area contributed by atoms with Crippen molar-refractivity contribution in [1.82, 2.24) is 5.32 Å². The van der Waals surface area contributed by atoms with Crippen LogP contribution in [-0.2, 0) is 16.0 Å². The fourth-order valence-electron chi connectivity index (χ4n) is 1.82. The molecule has 0 unspecified atom stereocenters. The maximum atomic E-state index is 13.0. The van der Waals surface area contributed by atoms with E-state index in [9.17, 15) is 18.4 Å². The molecule has 2 atom stereocenters. The highest BCUT2D eigenvalue weighted by molar-refractivity contribution is 5.87. The number of nitrogens with zero attached hydrogens (tertiary/aromatic N) is 1. The fourth-order valence-corrected chi connectivity index (χ4v) is 1.82. The summed E-state index contributed by atoms with van der Waals surface area (Å²) in [7, 11) is 0. The first-order chi connectivity index (χ1) is 9.85. The van der Waals surface area contributed by atoms with Crippen LogP contribution in [0.15, 0.2) is 18.2 Å². The Bertz CT molecular complexity index is 584. The average molecular weight is 295 g/mol. The highest BCUT2D eigenvalue weighted by atomic mass is 19.2. The Morgan fingerprint density at radius 1 is 1.38 bits per heavy atom. The van der Waals surface area contributed by atoms with E-state index in [0.717, 1.165) is 12.1 Å². The normalized spacial score (nSPS) is 13.0. The number of carbonyl (C=O) groups excluding carboxylic acids is 2. The third-order valence-corrected chi connectivity index (χ3v) is 2.95. The maximum absolute atomic E-state index is 13.0. The van der Waals surface area contributed by atoms with Crippen molar-refractivity contribution in [1.29, 1.82) is 5.26 Å². The van der Waals surface area contributed by atoms with E-state index in [2.05, 4.69) is 5.32 Å². The first kappa shape index (κ1) is 16.6. The number of nitriles is 1. The minimum absolute atomic E-state index is 0.0546. The number of primary amides is 1. The molecule has 0 aliphatic heterocycles. The van der Waals surface area contributed by atoms with Gasteiger partial charge < -0.3 is 11.1 Å². The molecular formula is C14H15F2N3O2. The van der Waals surface area contributed by atoms with Crippen molar-refractivity contribution >= 4 is 11.8 Å². The van der Waals surface area contributed by atoms with Gasteiger partial charge in [-0.3, -0.25) is 9.59 Å². The molecule has 0 heterocycles. The number of hydrogen-bond acceptors (Lipinski definition) is 3. The van der Waals surface area contributed by atoms with E-state index < -0.39 is 35.4 Å². The van der Waals surface area contributed by atoms with E-state index in [1.54, 1.807) is 6.92 Å². The second-order valence-corrected chi connectivity index (χ2v) is 4.71. The highest BCUT2D eigenvalue weighted by Gasteiger charge is 2.24. The summed E-state index contributed by atoms with van der Waals surface area (Å²) >= 11 is 0. The van der Waals surface area contributed by atoms with Crippen LogP contribution in [0.5, 0.6) is 0 Å². The minimum Gasteiger partial charge on any atom is -0.368 e. The van der Waals surface area contributed by atoms with E-state index in [-0.39, 0.29) is 18.4 Å². The summed E-state index contributed by atoms with van der Waals surface area (Å²) in [5, 5.41) is 11.0. The zero-order chi connectivity index (χ0) is 16.0. The molecule has 0 fully saturated rings. The van der Waals surface area contributed by atoms with Gasteiger partial charge in [-0.1, -0.05) is 13.0 Å². The Kier molecular flexibility index (Phi) is 5.79. The molecule has 1 aromatic carbocycles. The van der Waals surface area contributed by atoms with Gasteiger partial charge >= 0.3 is 0 Å². The molecule has 7 heteroatoms. The van der Waals surface area contributed by atoms with Crippen LogP contribution in [0.3, 0.4) is 0 Å². The van der Waals surface area contributed by atoms with Crippen LogP contribution in [0.4, 0.5) is 8.78 Å². The molecule has 5 nitrogen and oxygen atoms in total. The number of amides is 2. The van der Waals surface area contributed by atoms with Gasteiger partial charge in [-0.15, -0.1) is 0 Å². The second-order valence-electron chi connectivity index (χ2n) is 4.71. The van der Waals surface area contributed by atoms with Gasteiger partial charge in [0.1, 0.15) is 6.04 Å². The number of nitrogens with two attached hydrogens (primary N) is 1. The van der Waals surface area contributed by atoms with Crippen molar-refractivity contribution in [3.63, 3.8) is 0 Å². The quantitative estimate of drug-likeness (QED) is 0.820. The van der Waals surface area contributed by atoms with Crippen molar-refractivity contribution in [2.45, 2.75) is 25.8 Å². The Morgan fingerprint density at radius 2 is 2.05 bits per heavy atom. The number of nitrogens with one attached hydrogen (secondary N) is 1. The molecule has 0 aromatic heterocycles. The molecule has 0 aliphatic rings. The van der Waals surface area contributed by atoms with Gasteiger partial charge in [-0.05, 0) is 23.6 Å². The van der Waals surface area contributed by atoms with Crippen molar-refractivity contribution < 1.29 is 18.4 Å². The van der Waals surface area contributed by atoms with Gasteiger partial charge in [-0.2, -0.15) is 5.26 Å². The van der Waals surface area contributed by atoms with Gasteiger partial charge in [0, 0.05) is 6.42 Å². The van der Waals surface area contributed by atoms with E-state index in [0.29, 0.717) is 0 Å². The molecule has 0 bridgehead atoms. The van der Waals surface area contributed by atoms with E-state index in [1.807, 2.05) is 6.07 Å². The molecule has 0 spiro atoms. The van der Waals surface area contributed by atoms with Crippen LogP contribution in [0, 0.1) is 28.9 Å². The summed E-state index contributed by atoms with van der Waals surface area (Å²) in [6.45, 7) is 1.61. The lowest BCUT2D eigenvalue weighted by molar-refractivity contribution is -0.128. The third-order valence-electron chi connectivity index (χ3n) is 2.95. The standard InChI is InChI=1S/C14H15F2N3O2/c1-8(4-5-17)13(14(18)21)19-12(20)7-9-2-3-10(15)11(16)6-9/h2-3,6,8,13H,4,7H2,1H3,(H2,18,21)(H,19,20)/t8-,13+/m1/s1. The summed E-state index contributed by atoms with van der Waals surface area (Å²) in [5.74, 6) is -3.81. The Hall–Kier alpha value is -2.49. The van der Waals surface area contributed by atoms with Crippen molar-refractivity contribution in [2.24, 2.45) is 11.7 Å². The molecule has 21 heavy (non-hydrogen) atoms. The van der Waals surface area contributed by atoms with E-state index >= 15 is 0 Å². The summed E-state index contributed by atoms with van der Waals surface area (Å²) in [5.41, 5.74) is 5.45. The smallest absolute Gasteiger partial charge is 0.240 e. The number of benzene rings is 1. The number of halogens is 2. The molecule has 1 rings (SSSR count). The molecule has 3 N–H and O–H groups in total. The zero-order valence-corrected chi connectivity index (χ0v) is 11.4. The predicted octanol–water partition coefficient (Wildman–Crippen LogP) is 1.03.